The first-order valence-electron chi connectivity index (χ1n) is 13.3. The first kappa shape index (κ1) is 38.8. The van der Waals surface area contributed by atoms with Crippen LogP contribution in [0.3, 0.4) is 0 Å². The number of carbonyl (C=O) groups is 7. The molecule has 21 nitrogen and oxygen atoms in total. The largest absolute Gasteiger partial charge is 0.480 e. The van der Waals surface area contributed by atoms with E-state index in [4.69, 9.17) is 27.4 Å². The third-order valence-electron chi connectivity index (χ3n) is 5.41. The molecule has 16 N–H and O–H groups in total. The van der Waals surface area contributed by atoms with Crippen LogP contribution in [-0.4, -0.2) is 121 Å². The Balaban J connectivity index is 5.15. The third kappa shape index (κ3) is 19.0. The van der Waals surface area contributed by atoms with Crippen LogP contribution in [-0.2, 0) is 33.6 Å². The fraction of sp³-hybridized carbons (Fsp3) is 0.609. The molecule has 0 aliphatic heterocycles. The number of rotatable bonds is 21. The Kier molecular flexibility index (Phi) is 18.9. The Labute approximate surface area is 252 Å². The predicted octanol–water partition coefficient (Wildman–Crippen LogP) is -6.59. The molecule has 0 aromatic heterocycles. The number of aliphatic carboxylic acids is 1. The van der Waals surface area contributed by atoms with Gasteiger partial charge in [-0.1, -0.05) is 0 Å². The molecule has 0 spiro atoms. The van der Waals surface area contributed by atoms with Gasteiger partial charge in [-0.3, -0.25) is 44.4 Å². The molecule has 0 heterocycles. The van der Waals surface area contributed by atoms with Crippen molar-refractivity contribution in [1.82, 2.24) is 42.5 Å². The van der Waals surface area contributed by atoms with Gasteiger partial charge in [-0.05, 0) is 25.7 Å². The Morgan fingerprint density at radius 3 is 1.41 bits per heavy atom. The van der Waals surface area contributed by atoms with Crippen LogP contribution in [0, 0.1) is 10.8 Å². The lowest BCUT2D eigenvalue weighted by molar-refractivity contribution is -0.138. The van der Waals surface area contributed by atoms with E-state index in [-0.39, 0.29) is 44.3 Å². The minimum absolute atomic E-state index is 0.0158. The number of aliphatic hydroxyl groups is 1. The van der Waals surface area contributed by atoms with Gasteiger partial charge >= 0.3 is 5.97 Å². The number of guanidine groups is 2. The van der Waals surface area contributed by atoms with Crippen LogP contribution in [0.15, 0.2) is 0 Å². The van der Waals surface area contributed by atoms with Crippen LogP contribution in [0.5, 0.6) is 0 Å². The second-order valence-corrected chi connectivity index (χ2v) is 9.19. The number of aliphatic hydroxyl groups excluding tert-OH is 1. The van der Waals surface area contributed by atoms with Gasteiger partial charge < -0.3 is 64.2 Å². The Morgan fingerprint density at radius 2 is 1.02 bits per heavy atom. The summed E-state index contributed by atoms with van der Waals surface area (Å²) in [5.41, 5.74) is 10.4. The second kappa shape index (κ2) is 21.5. The van der Waals surface area contributed by atoms with Gasteiger partial charge in [0.15, 0.2) is 11.9 Å². The standard InChI is InChI=1S/C23H42N12O9/c1-12(37)33-13(4-2-6-28-22(24)25)19(42)30-8-16(38)34-14(5-3-7-29-23(26)27)20(43)31-9-17(39)35-15(11-36)21(44)32-10-18(40)41/h13-15,36H,2-11H2,1H3,(H,30,42)(H,31,43)(H,32,44)(H,33,37)(H,34,38)(H,35,39)(H,40,41)(H4,24,25,28)(H4,26,27,29)/t13?,14?,15-/m0/s1. The van der Waals surface area contributed by atoms with E-state index < -0.39 is 85.8 Å². The minimum atomic E-state index is -1.48. The van der Waals surface area contributed by atoms with E-state index in [0.717, 1.165) is 0 Å². The minimum Gasteiger partial charge on any atom is -0.480 e. The highest BCUT2D eigenvalue weighted by molar-refractivity contribution is 5.94. The molecular weight excluding hydrogens is 588 g/mol. The molecule has 6 amide bonds. The summed E-state index contributed by atoms with van der Waals surface area (Å²) in [4.78, 5) is 84.2. The third-order valence-corrected chi connectivity index (χ3v) is 5.41. The summed E-state index contributed by atoms with van der Waals surface area (Å²) in [6.45, 7) is -1.18. The average Bonchev–Trinajstić information content (AvgIpc) is 2.94. The van der Waals surface area contributed by atoms with Gasteiger partial charge in [0, 0.05) is 20.0 Å². The Bertz CT molecular complexity index is 1060. The molecule has 0 aromatic rings. The number of nitrogens with two attached hydrogens (primary N) is 2. The zero-order valence-electron chi connectivity index (χ0n) is 24.2. The van der Waals surface area contributed by atoms with Gasteiger partial charge in [0.1, 0.15) is 24.7 Å². The summed E-state index contributed by atoms with van der Waals surface area (Å²) in [5.74, 6) is -6.53. The van der Waals surface area contributed by atoms with E-state index >= 15 is 0 Å². The maximum absolute atomic E-state index is 12.8. The van der Waals surface area contributed by atoms with Crippen molar-refractivity contribution in [3.8, 4) is 0 Å². The van der Waals surface area contributed by atoms with Crippen molar-refractivity contribution >= 4 is 53.3 Å². The van der Waals surface area contributed by atoms with E-state index in [2.05, 4.69) is 37.2 Å². The first-order valence-corrected chi connectivity index (χ1v) is 13.3. The maximum Gasteiger partial charge on any atom is 0.322 e. The number of hydrogen-bond acceptors (Lipinski definition) is 10. The molecule has 0 radical (unpaired) electrons. The second-order valence-electron chi connectivity index (χ2n) is 9.19. The van der Waals surface area contributed by atoms with Crippen molar-refractivity contribution in [2.75, 3.05) is 39.3 Å². The van der Waals surface area contributed by atoms with E-state index in [1.807, 2.05) is 5.32 Å². The Hall–Kier alpha value is -5.21. The zero-order valence-corrected chi connectivity index (χ0v) is 24.2. The molecule has 3 atom stereocenters. The smallest absolute Gasteiger partial charge is 0.322 e. The number of carboxylic acid groups (broad SMARTS) is 1. The van der Waals surface area contributed by atoms with Gasteiger partial charge in [0.05, 0.1) is 19.7 Å². The molecule has 44 heavy (non-hydrogen) atoms. The summed E-state index contributed by atoms with van der Waals surface area (Å²) in [7, 11) is 0. The number of carboxylic acids is 1. The molecule has 0 aliphatic rings. The fourth-order valence-corrected chi connectivity index (χ4v) is 3.39. The highest BCUT2D eigenvalue weighted by Gasteiger charge is 2.25. The molecule has 248 valence electrons. The van der Waals surface area contributed by atoms with Crippen molar-refractivity contribution in [3.05, 3.63) is 0 Å². The molecule has 0 saturated carbocycles. The average molecular weight is 631 g/mol. The summed E-state index contributed by atoms with van der Waals surface area (Å²) >= 11 is 0. The highest BCUT2D eigenvalue weighted by Crippen LogP contribution is 1.99. The van der Waals surface area contributed by atoms with Gasteiger partial charge in [-0.15, -0.1) is 0 Å². The predicted molar refractivity (Wildman–Crippen MR) is 154 cm³/mol. The number of hydrogen-bond donors (Lipinski definition) is 14. The molecule has 0 fully saturated rings. The highest BCUT2D eigenvalue weighted by atomic mass is 16.4. The van der Waals surface area contributed by atoms with Crippen LogP contribution in [0.2, 0.25) is 0 Å². The molecule has 0 saturated heterocycles. The molecule has 0 rings (SSSR count). The zero-order chi connectivity index (χ0) is 33.7. The summed E-state index contributed by atoms with van der Waals surface area (Å²) < 4.78 is 0. The molecule has 2 unspecified atom stereocenters. The van der Waals surface area contributed by atoms with Gasteiger partial charge in [0.25, 0.3) is 0 Å². The van der Waals surface area contributed by atoms with Crippen LogP contribution < -0.4 is 54.0 Å². The van der Waals surface area contributed by atoms with E-state index in [1.54, 1.807) is 0 Å². The van der Waals surface area contributed by atoms with Gasteiger partial charge in [-0.25, -0.2) is 0 Å². The lowest BCUT2D eigenvalue weighted by Gasteiger charge is -2.21. The molecule has 0 bridgehead atoms. The van der Waals surface area contributed by atoms with E-state index in [1.165, 1.54) is 6.92 Å². The molecular formula is C23H42N12O9. The summed E-state index contributed by atoms with van der Waals surface area (Å²) in [6.07, 6.45) is 0.788. The normalized spacial score (nSPS) is 12.2. The van der Waals surface area contributed by atoms with Crippen LogP contribution in [0.1, 0.15) is 32.6 Å². The quantitative estimate of drug-likeness (QED) is 0.0319. The monoisotopic (exact) mass is 630 g/mol. The SMILES string of the molecule is CC(=O)NC(CCCNC(=N)N)C(=O)NCC(=O)NC(CCCNC(=N)N)C(=O)NCC(=O)N[C@@H](CO)C(=O)NCC(=O)O. The van der Waals surface area contributed by atoms with Crippen molar-refractivity contribution in [1.29, 1.82) is 10.8 Å². The first-order chi connectivity index (χ1) is 20.7. The molecule has 0 aliphatic carbocycles. The van der Waals surface area contributed by atoms with Crippen LogP contribution >= 0.6 is 0 Å². The van der Waals surface area contributed by atoms with Gasteiger partial charge in [-0.2, -0.15) is 0 Å². The lowest BCUT2D eigenvalue weighted by atomic mass is 10.1. The molecule has 21 heteroatoms. The Morgan fingerprint density at radius 1 is 0.636 bits per heavy atom. The fourth-order valence-electron chi connectivity index (χ4n) is 3.39. The number of carbonyl (C=O) groups excluding carboxylic acids is 6. The van der Waals surface area contributed by atoms with Crippen LogP contribution in [0.25, 0.3) is 0 Å². The lowest BCUT2D eigenvalue weighted by Crippen LogP contribution is -2.54. The van der Waals surface area contributed by atoms with Crippen molar-refractivity contribution in [2.24, 2.45) is 11.5 Å². The van der Waals surface area contributed by atoms with Crippen molar-refractivity contribution in [3.63, 3.8) is 0 Å². The number of nitrogens with one attached hydrogen (secondary N) is 10. The number of amides is 6. The summed E-state index contributed by atoms with van der Waals surface area (Å²) in [6, 6.07) is -3.68. The summed E-state index contributed by atoms with van der Waals surface area (Å²) in [5, 5.41) is 51.0. The van der Waals surface area contributed by atoms with Crippen LogP contribution in [0.4, 0.5) is 0 Å². The van der Waals surface area contributed by atoms with Crippen molar-refractivity contribution < 1.29 is 43.8 Å². The van der Waals surface area contributed by atoms with Crippen molar-refractivity contribution in [2.45, 2.75) is 50.7 Å². The maximum atomic E-state index is 12.8. The van der Waals surface area contributed by atoms with E-state index in [9.17, 15) is 38.7 Å². The van der Waals surface area contributed by atoms with E-state index in [0.29, 0.717) is 6.42 Å². The molecule has 0 aromatic carbocycles. The topological polar surface area (TPSA) is 356 Å². The van der Waals surface area contributed by atoms with Gasteiger partial charge in [0.2, 0.25) is 35.4 Å².